The van der Waals surface area contributed by atoms with Crippen LogP contribution in [0, 0.1) is 10.5 Å². The molecule has 1 aromatic rings. The van der Waals surface area contributed by atoms with Crippen molar-refractivity contribution in [2.24, 2.45) is 0 Å². The van der Waals surface area contributed by atoms with Gasteiger partial charge in [-0.05, 0) is 35.6 Å². The van der Waals surface area contributed by atoms with Crippen molar-refractivity contribution in [3.63, 3.8) is 0 Å². The number of nitrogens with zero attached hydrogens (tertiary/aromatic N) is 1. The Bertz CT molecular complexity index is 368. The summed E-state index contributed by atoms with van der Waals surface area (Å²) >= 11 is 1.84. The molecule has 0 aromatic carbocycles. The zero-order valence-electron chi connectivity index (χ0n) is 7.60. The second kappa shape index (κ2) is 4.52. The van der Waals surface area contributed by atoms with Gasteiger partial charge in [-0.25, -0.2) is 0 Å². The van der Waals surface area contributed by atoms with Gasteiger partial charge < -0.3 is 9.84 Å². The van der Waals surface area contributed by atoms with Gasteiger partial charge in [0, 0.05) is 3.57 Å². The number of alkyl halides is 3. The standard InChI is InChI=1S/C8H7F3INO2/c1-4-5(12)2-7(6(3-14)13-4)15-8(9,10)11/h2,14H,3H2,1H3. The quantitative estimate of drug-likeness (QED) is 0.845. The van der Waals surface area contributed by atoms with E-state index in [1.807, 2.05) is 22.6 Å². The summed E-state index contributed by atoms with van der Waals surface area (Å²) < 4.78 is 40.1. The Morgan fingerprint density at radius 3 is 2.60 bits per heavy atom. The minimum Gasteiger partial charge on any atom is -0.404 e. The van der Waals surface area contributed by atoms with Crippen molar-refractivity contribution >= 4 is 22.6 Å². The molecule has 0 saturated heterocycles. The lowest BCUT2D eigenvalue weighted by Gasteiger charge is -2.12. The second-order valence-electron chi connectivity index (χ2n) is 2.71. The summed E-state index contributed by atoms with van der Waals surface area (Å²) in [7, 11) is 0. The first-order valence-corrected chi connectivity index (χ1v) is 4.94. The number of pyridine rings is 1. The third kappa shape index (κ3) is 3.49. The number of aryl methyl sites for hydroxylation is 1. The molecule has 7 heteroatoms. The third-order valence-electron chi connectivity index (χ3n) is 1.57. The van der Waals surface area contributed by atoms with Gasteiger partial charge in [0.2, 0.25) is 0 Å². The predicted molar refractivity (Wildman–Crippen MR) is 54.3 cm³/mol. The molecule has 0 aliphatic rings. The average Bonchev–Trinajstić information content (AvgIpc) is 2.08. The predicted octanol–water partition coefficient (Wildman–Crippen LogP) is 2.39. The van der Waals surface area contributed by atoms with Gasteiger partial charge >= 0.3 is 6.36 Å². The molecule has 0 fully saturated rings. The van der Waals surface area contributed by atoms with Crippen molar-refractivity contribution in [2.75, 3.05) is 0 Å². The molecule has 0 atom stereocenters. The lowest BCUT2D eigenvalue weighted by atomic mass is 10.3. The van der Waals surface area contributed by atoms with Crippen LogP contribution in [0.15, 0.2) is 6.07 Å². The molecular weight excluding hydrogens is 326 g/mol. The summed E-state index contributed by atoms with van der Waals surface area (Å²) in [5.41, 5.74) is 0.430. The number of hydrogen-bond acceptors (Lipinski definition) is 3. The highest BCUT2D eigenvalue weighted by atomic mass is 127. The highest BCUT2D eigenvalue weighted by Gasteiger charge is 2.32. The van der Waals surface area contributed by atoms with Gasteiger partial charge in [-0.2, -0.15) is 0 Å². The molecule has 0 saturated carbocycles. The number of halogens is 4. The zero-order valence-corrected chi connectivity index (χ0v) is 9.76. The van der Waals surface area contributed by atoms with E-state index < -0.39 is 18.7 Å². The summed E-state index contributed by atoms with van der Waals surface area (Å²) in [5, 5.41) is 8.82. The fourth-order valence-electron chi connectivity index (χ4n) is 0.940. The van der Waals surface area contributed by atoms with Crippen LogP contribution in [0.4, 0.5) is 13.2 Å². The number of aliphatic hydroxyl groups is 1. The van der Waals surface area contributed by atoms with Gasteiger partial charge in [0.25, 0.3) is 0 Å². The van der Waals surface area contributed by atoms with E-state index in [2.05, 4.69) is 9.72 Å². The molecule has 0 spiro atoms. The minimum atomic E-state index is -4.77. The Kier molecular flexibility index (Phi) is 3.77. The van der Waals surface area contributed by atoms with Crippen LogP contribution in [0.3, 0.4) is 0 Å². The second-order valence-corrected chi connectivity index (χ2v) is 3.87. The number of ether oxygens (including phenoxy) is 1. The van der Waals surface area contributed by atoms with Crippen molar-refractivity contribution in [3.05, 3.63) is 21.0 Å². The molecule has 3 nitrogen and oxygen atoms in total. The van der Waals surface area contributed by atoms with Gasteiger partial charge in [0.15, 0.2) is 5.75 Å². The number of rotatable bonds is 2. The Labute approximate surface area is 97.4 Å². The van der Waals surface area contributed by atoms with Crippen LogP contribution in [0.1, 0.15) is 11.4 Å². The number of aliphatic hydroxyl groups excluding tert-OH is 1. The lowest BCUT2D eigenvalue weighted by Crippen LogP contribution is -2.19. The van der Waals surface area contributed by atoms with Crippen molar-refractivity contribution in [2.45, 2.75) is 19.9 Å². The summed E-state index contributed by atoms with van der Waals surface area (Å²) in [6, 6.07) is 1.20. The van der Waals surface area contributed by atoms with Crippen molar-refractivity contribution in [1.29, 1.82) is 0 Å². The van der Waals surface area contributed by atoms with Crippen LogP contribution in [0.25, 0.3) is 0 Å². The fourth-order valence-corrected chi connectivity index (χ4v) is 1.34. The maximum atomic E-state index is 12.0. The van der Waals surface area contributed by atoms with E-state index in [0.717, 1.165) is 0 Å². The van der Waals surface area contributed by atoms with Crippen molar-refractivity contribution in [1.82, 2.24) is 4.98 Å². The van der Waals surface area contributed by atoms with Crippen molar-refractivity contribution in [3.8, 4) is 5.75 Å². The molecule has 0 aliphatic heterocycles. The first kappa shape index (κ1) is 12.5. The Morgan fingerprint density at radius 1 is 1.53 bits per heavy atom. The number of aromatic nitrogens is 1. The largest absolute Gasteiger partial charge is 0.573 e. The Hall–Kier alpha value is -0.570. The van der Waals surface area contributed by atoms with Crippen LogP contribution in [0.5, 0.6) is 5.75 Å². The van der Waals surface area contributed by atoms with Crippen LogP contribution in [0.2, 0.25) is 0 Å². The summed E-state index contributed by atoms with van der Waals surface area (Å²) in [6.07, 6.45) is -4.77. The minimum absolute atomic E-state index is 0.120. The summed E-state index contributed by atoms with van der Waals surface area (Å²) in [4.78, 5) is 3.79. The van der Waals surface area contributed by atoms with Gasteiger partial charge in [0.1, 0.15) is 5.69 Å². The Morgan fingerprint density at radius 2 is 2.13 bits per heavy atom. The molecule has 0 aliphatic carbocycles. The topological polar surface area (TPSA) is 42.4 Å². The molecule has 84 valence electrons. The molecule has 15 heavy (non-hydrogen) atoms. The molecular formula is C8H7F3INO2. The summed E-state index contributed by atoms with van der Waals surface area (Å²) in [6.45, 7) is 1.04. The number of hydrogen-bond donors (Lipinski definition) is 1. The van der Waals surface area contributed by atoms with E-state index in [1.165, 1.54) is 6.07 Å². The van der Waals surface area contributed by atoms with Gasteiger partial charge in [0.05, 0.1) is 12.3 Å². The first-order valence-electron chi connectivity index (χ1n) is 3.86. The highest BCUT2D eigenvalue weighted by Crippen LogP contribution is 2.27. The van der Waals surface area contributed by atoms with Gasteiger partial charge in [-0.15, -0.1) is 13.2 Å². The average molecular weight is 333 g/mol. The van der Waals surface area contributed by atoms with E-state index in [0.29, 0.717) is 9.26 Å². The molecule has 1 rings (SSSR count). The van der Waals surface area contributed by atoms with E-state index in [-0.39, 0.29) is 5.69 Å². The maximum absolute atomic E-state index is 12.0. The fraction of sp³-hybridized carbons (Fsp3) is 0.375. The molecule has 0 radical (unpaired) electrons. The third-order valence-corrected chi connectivity index (χ3v) is 2.66. The van der Waals surface area contributed by atoms with Crippen LogP contribution in [-0.4, -0.2) is 16.5 Å². The van der Waals surface area contributed by atoms with E-state index in [9.17, 15) is 13.2 Å². The Balaban J connectivity index is 3.11. The maximum Gasteiger partial charge on any atom is 0.573 e. The van der Waals surface area contributed by atoms with Crippen LogP contribution >= 0.6 is 22.6 Å². The molecule has 1 heterocycles. The smallest absolute Gasteiger partial charge is 0.404 e. The van der Waals surface area contributed by atoms with Gasteiger partial charge in [-0.1, -0.05) is 0 Å². The van der Waals surface area contributed by atoms with Crippen LogP contribution in [-0.2, 0) is 6.61 Å². The van der Waals surface area contributed by atoms with Crippen LogP contribution < -0.4 is 4.74 Å². The van der Waals surface area contributed by atoms with E-state index in [4.69, 9.17) is 5.11 Å². The first-order chi connectivity index (χ1) is 6.83. The van der Waals surface area contributed by atoms with Gasteiger partial charge in [-0.3, -0.25) is 4.98 Å². The monoisotopic (exact) mass is 333 g/mol. The van der Waals surface area contributed by atoms with E-state index in [1.54, 1.807) is 6.92 Å². The van der Waals surface area contributed by atoms with Crippen molar-refractivity contribution < 1.29 is 23.0 Å². The molecule has 0 unspecified atom stereocenters. The molecule has 0 amide bonds. The lowest BCUT2D eigenvalue weighted by molar-refractivity contribution is -0.275. The molecule has 0 bridgehead atoms. The normalized spacial score (nSPS) is 11.6. The summed E-state index contributed by atoms with van der Waals surface area (Å²) in [5.74, 6) is -0.458. The SMILES string of the molecule is Cc1nc(CO)c(OC(F)(F)F)cc1I. The van der Waals surface area contributed by atoms with E-state index >= 15 is 0 Å². The molecule has 1 aromatic heterocycles. The zero-order chi connectivity index (χ0) is 11.6. The highest BCUT2D eigenvalue weighted by molar-refractivity contribution is 14.1. The molecule has 1 N–H and O–H groups in total.